The maximum atomic E-state index is 14.8. The Balaban J connectivity index is 1.34. The summed E-state index contributed by atoms with van der Waals surface area (Å²) in [5, 5.41) is 97.4. The summed E-state index contributed by atoms with van der Waals surface area (Å²) in [6.07, 6.45) is -8.87. The number of ketones is 3. The zero-order chi connectivity index (χ0) is 66.5. The molecule has 26 nitrogen and oxygen atoms in total. The lowest BCUT2D eigenvalue weighted by atomic mass is 9.78. The fraction of sp³-hybridized carbons (Fsp3) is 0.781. The standard InChI is InChI=1S/C64H99NO25/c1-33-16-12-11-13-17-34(2)46(81-8)28-41-21-19-39(7)64(80,90-41)57(75)59(76)65-23-15-14-18-42(65)60(77)86-47(36(4)26-40-20-22-43(67)48(27-40)82-9)29-44(68)35(3)25-38(6)55(56(83-10)50(70)37(5)24-33)88-62(78)84-32-63(79)58(51(71)45(69)31-85-63)89-61-54(74)53(73)52(72)49(30-66)87-61/h11-13,16-17,25,33,35-37,39-43,45-49,51-56,58,61,66-67,69,71-74,79-80H,14-15,18-24,26-32H2,1-10H3/b13-11+,16-12+,34-17+,38-25+/t33-,35-,36-,37-,39-,40?,41+,42?,43-,45-,46+,47+,48-,49-,51-,52-,53+,54-,55-,56+,58+,61-,63+,64-/m1/s1. The van der Waals surface area contributed by atoms with Crippen molar-refractivity contribution in [2.45, 2.75) is 235 Å². The number of rotatable bonds is 12. The molecule has 26 heteroatoms. The number of esters is 1. The number of allylic oxidation sites excluding steroid dienone is 6. The molecule has 510 valence electrons. The fourth-order valence-corrected chi connectivity index (χ4v) is 13.1. The smallest absolute Gasteiger partial charge is 0.460 e. The Morgan fingerprint density at radius 2 is 1.51 bits per heavy atom. The zero-order valence-electron chi connectivity index (χ0n) is 53.5. The molecule has 5 fully saturated rings. The summed E-state index contributed by atoms with van der Waals surface area (Å²) < 4.78 is 57.5. The number of hydrogen-bond donors (Lipinski definition) is 9. The van der Waals surface area contributed by atoms with Gasteiger partial charge in [-0.25, -0.2) is 9.59 Å². The Labute approximate surface area is 526 Å². The van der Waals surface area contributed by atoms with Crippen molar-refractivity contribution in [3.05, 3.63) is 47.6 Å². The van der Waals surface area contributed by atoms with Crippen LogP contribution in [0.1, 0.15) is 126 Å². The summed E-state index contributed by atoms with van der Waals surface area (Å²) in [6.45, 7) is 9.05. The first-order chi connectivity index (χ1) is 42.5. The number of cyclic esters (lactones) is 1. The maximum Gasteiger partial charge on any atom is 0.509 e. The molecule has 1 amide bonds. The summed E-state index contributed by atoms with van der Waals surface area (Å²) in [6, 6.07) is -1.28. The number of piperidine rings is 1. The number of nitrogens with zero attached hydrogens (tertiary/aromatic N) is 1. The van der Waals surface area contributed by atoms with E-state index in [2.05, 4.69) is 0 Å². The van der Waals surface area contributed by atoms with Gasteiger partial charge in [0.15, 0.2) is 30.9 Å². The molecule has 0 aromatic carbocycles. The van der Waals surface area contributed by atoms with Crippen molar-refractivity contribution in [2.75, 3.05) is 47.7 Å². The molecular formula is C64H99NO25. The van der Waals surface area contributed by atoms with Gasteiger partial charge in [0.1, 0.15) is 60.7 Å². The monoisotopic (exact) mass is 1280 g/mol. The highest BCUT2D eigenvalue weighted by molar-refractivity contribution is 6.39. The molecule has 6 aliphatic rings. The van der Waals surface area contributed by atoms with Crippen LogP contribution in [0.4, 0.5) is 4.79 Å². The van der Waals surface area contributed by atoms with Gasteiger partial charge in [-0.2, -0.15) is 0 Å². The molecule has 2 bridgehead atoms. The van der Waals surface area contributed by atoms with Crippen LogP contribution in [0.5, 0.6) is 0 Å². The average molecular weight is 1280 g/mol. The van der Waals surface area contributed by atoms with E-state index in [9.17, 15) is 74.7 Å². The summed E-state index contributed by atoms with van der Waals surface area (Å²) in [7, 11) is 4.25. The number of ether oxygens (including phenoxy) is 10. The zero-order valence-corrected chi connectivity index (χ0v) is 53.5. The summed E-state index contributed by atoms with van der Waals surface area (Å²) in [5.74, 6) is -12.9. The molecule has 2 unspecified atom stereocenters. The van der Waals surface area contributed by atoms with Crippen LogP contribution in [0.2, 0.25) is 0 Å². The number of fused-ring (bicyclic) bond motifs is 3. The van der Waals surface area contributed by atoms with Crippen LogP contribution >= 0.6 is 0 Å². The van der Waals surface area contributed by atoms with Gasteiger partial charge in [0.05, 0.1) is 37.6 Å². The largest absolute Gasteiger partial charge is 0.509 e. The number of carbonyl (C=O) groups is 6. The van der Waals surface area contributed by atoms with Gasteiger partial charge >= 0.3 is 12.1 Å². The highest BCUT2D eigenvalue weighted by Gasteiger charge is 2.56. The summed E-state index contributed by atoms with van der Waals surface area (Å²) >= 11 is 0. The quantitative estimate of drug-likeness (QED) is 0.0766. The number of aliphatic hydroxyl groups excluding tert-OH is 7. The van der Waals surface area contributed by atoms with Gasteiger partial charge in [0, 0.05) is 58.5 Å². The molecule has 6 rings (SSSR count). The molecule has 5 aliphatic heterocycles. The highest BCUT2D eigenvalue weighted by Crippen LogP contribution is 2.39. The van der Waals surface area contributed by atoms with Crippen molar-refractivity contribution < 1.29 is 122 Å². The molecule has 0 aromatic heterocycles. The molecule has 1 saturated carbocycles. The SMILES string of the molecule is CO[C@H]1C[C@@H]2CC[C@@H](C)[C@@](O)(O2)C(=O)C(=O)N2CCCCC2C(=O)O[C@H]([C@H](C)CC2CC[C@@H](O)[C@H](OC)C2)CC(=O)[C@H](C)/C=C(\C)[C@@H](OC(=O)OC[C@]2(O)OC[C@@H](O)[C@@H](O)[C@@H]2O[C@H]2O[C@H](CO)[C@@H](O)[C@H](O)[C@H]2O)[C@@H](OC)C(=O)[C@H](C)C[C@H](C)/C=C/C=C/C=C/1C. The van der Waals surface area contributed by atoms with E-state index in [-0.39, 0.29) is 49.6 Å². The molecule has 0 spiro atoms. The van der Waals surface area contributed by atoms with Crippen molar-refractivity contribution in [2.24, 2.45) is 35.5 Å². The van der Waals surface area contributed by atoms with Crippen LogP contribution in [0.25, 0.3) is 0 Å². The van der Waals surface area contributed by atoms with Crippen LogP contribution < -0.4 is 0 Å². The van der Waals surface area contributed by atoms with Crippen molar-refractivity contribution >= 4 is 35.4 Å². The maximum absolute atomic E-state index is 14.8. The molecule has 90 heavy (non-hydrogen) atoms. The van der Waals surface area contributed by atoms with E-state index >= 15 is 0 Å². The van der Waals surface area contributed by atoms with E-state index in [1.807, 2.05) is 32.9 Å². The fourth-order valence-electron chi connectivity index (χ4n) is 13.1. The predicted octanol–water partition coefficient (Wildman–Crippen LogP) is 1.97. The first-order valence-corrected chi connectivity index (χ1v) is 31.5. The Kier molecular flexibility index (Phi) is 27.8. The summed E-state index contributed by atoms with van der Waals surface area (Å²) in [4.78, 5) is 88.2. The van der Waals surface area contributed by atoms with Crippen LogP contribution in [0.3, 0.4) is 0 Å². The molecule has 24 atom stereocenters. The molecule has 5 heterocycles. The molecule has 4 saturated heterocycles. The topological polar surface area (TPSA) is 380 Å². The number of methoxy groups -OCH3 is 3. The summed E-state index contributed by atoms with van der Waals surface area (Å²) in [5.41, 5.74) is 0.897. The van der Waals surface area contributed by atoms with Crippen molar-refractivity contribution in [1.29, 1.82) is 0 Å². The number of carbonyl (C=O) groups excluding carboxylic acids is 6. The van der Waals surface area contributed by atoms with E-state index in [0.717, 1.165) is 10.5 Å². The van der Waals surface area contributed by atoms with Crippen molar-refractivity contribution in [3.63, 3.8) is 0 Å². The molecule has 0 radical (unpaired) electrons. The second-order valence-electron chi connectivity index (χ2n) is 25.7. The molecule has 1 aliphatic carbocycles. The third-order valence-electron chi connectivity index (χ3n) is 18.9. The Bertz CT molecular complexity index is 2540. The van der Waals surface area contributed by atoms with E-state index in [1.165, 1.54) is 34.3 Å². The third kappa shape index (κ3) is 18.5. The average Bonchev–Trinajstić information content (AvgIpc) is 0.812. The van der Waals surface area contributed by atoms with Crippen molar-refractivity contribution in [1.82, 2.24) is 4.90 Å². The van der Waals surface area contributed by atoms with Gasteiger partial charge in [-0.15, -0.1) is 0 Å². The van der Waals surface area contributed by atoms with E-state index in [0.29, 0.717) is 51.4 Å². The number of hydrogen-bond acceptors (Lipinski definition) is 25. The van der Waals surface area contributed by atoms with Crippen LogP contribution in [-0.2, 0) is 71.3 Å². The Morgan fingerprint density at radius 1 is 0.789 bits per heavy atom. The Hall–Kier alpha value is -4.46. The lowest BCUT2D eigenvalue weighted by Crippen LogP contribution is -2.67. The van der Waals surface area contributed by atoms with Gasteiger partial charge in [-0.1, -0.05) is 71.1 Å². The van der Waals surface area contributed by atoms with Gasteiger partial charge in [0.25, 0.3) is 11.7 Å². The van der Waals surface area contributed by atoms with Crippen LogP contribution in [0, 0.1) is 35.5 Å². The van der Waals surface area contributed by atoms with Gasteiger partial charge in [-0.3, -0.25) is 19.2 Å². The molecule has 9 N–H and O–H groups in total. The first-order valence-electron chi connectivity index (χ1n) is 31.5. The first kappa shape index (κ1) is 74.6. The predicted molar refractivity (Wildman–Crippen MR) is 317 cm³/mol. The lowest BCUT2D eigenvalue weighted by molar-refractivity contribution is -0.387. The van der Waals surface area contributed by atoms with Crippen LogP contribution in [-0.4, -0.2) is 243 Å². The van der Waals surface area contributed by atoms with E-state index in [4.69, 9.17) is 47.4 Å². The molecule has 0 aromatic rings. The number of aliphatic hydroxyl groups is 9. The van der Waals surface area contributed by atoms with Gasteiger partial charge in [0.2, 0.25) is 11.6 Å². The Morgan fingerprint density at radius 3 is 2.19 bits per heavy atom. The minimum absolute atomic E-state index is 0.0123. The number of amides is 1. The van der Waals surface area contributed by atoms with Crippen molar-refractivity contribution in [3.8, 4) is 0 Å². The van der Waals surface area contributed by atoms with E-state index in [1.54, 1.807) is 39.0 Å². The molecular weight excluding hydrogens is 1180 g/mol. The van der Waals surface area contributed by atoms with Gasteiger partial charge in [-0.05, 0) is 107 Å². The normalized spacial score (nSPS) is 42.7. The highest BCUT2D eigenvalue weighted by atomic mass is 16.8. The third-order valence-corrected chi connectivity index (χ3v) is 18.9. The number of Topliss-reactive ketones (excluding diaryl/α,β-unsaturated/α-hetero) is 3. The minimum Gasteiger partial charge on any atom is -0.460 e. The van der Waals surface area contributed by atoms with E-state index < -0.39 is 188 Å². The van der Waals surface area contributed by atoms with Crippen LogP contribution in [0.15, 0.2) is 47.6 Å². The second-order valence-corrected chi connectivity index (χ2v) is 25.7. The minimum atomic E-state index is -2.85. The lowest BCUT2D eigenvalue weighted by Gasteiger charge is -2.47. The van der Waals surface area contributed by atoms with Gasteiger partial charge < -0.3 is 98.2 Å². The second kappa shape index (κ2) is 33.6.